The highest BCUT2D eigenvalue weighted by Gasteiger charge is 2.13. The van der Waals surface area contributed by atoms with Crippen molar-refractivity contribution in [1.82, 2.24) is 24.8 Å². The van der Waals surface area contributed by atoms with Gasteiger partial charge in [0, 0.05) is 43.4 Å². The van der Waals surface area contributed by atoms with Crippen molar-refractivity contribution in [3.63, 3.8) is 0 Å². The first-order valence-electron chi connectivity index (χ1n) is 8.21. The molecule has 0 aliphatic carbocycles. The molecule has 2 heterocycles. The van der Waals surface area contributed by atoms with Gasteiger partial charge in [-0.1, -0.05) is 17.7 Å². The van der Waals surface area contributed by atoms with E-state index in [1.54, 1.807) is 24.7 Å². The van der Waals surface area contributed by atoms with E-state index < -0.39 is 0 Å². The lowest BCUT2D eigenvalue weighted by atomic mass is 9.99. The fourth-order valence-electron chi connectivity index (χ4n) is 3.03. The van der Waals surface area contributed by atoms with Crippen LogP contribution in [-0.4, -0.2) is 32.0 Å². The summed E-state index contributed by atoms with van der Waals surface area (Å²) in [4.78, 5) is 25.3. The zero-order chi connectivity index (χ0) is 17.8. The van der Waals surface area contributed by atoms with Crippen LogP contribution in [0.1, 0.15) is 27.0 Å². The molecule has 0 radical (unpaired) electrons. The first kappa shape index (κ1) is 16.8. The van der Waals surface area contributed by atoms with Gasteiger partial charge in [-0.05, 0) is 38.0 Å². The van der Waals surface area contributed by atoms with E-state index in [9.17, 15) is 4.79 Å². The topological polar surface area (TPSA) is 72.7 Å². The molecule has 1 N–H and O–H groups in total. The van der Waals surface area contributed by atoms with Gasteiger partial charge in [-0.2, -0.15) is 0 Å². The van der Waals surface area contributed by atoms with Crippen LogP contribution < -0.4 is 5.32 Å². The van der Waals surface area contributed by atoms with Crippen molar-refractivity contribution in [1.29, 1.82) is 0 Å². The van der Waals surface area contributed by atoms with Crippen molar-refractivity contribution in [2.45, 2.75) is 27.3 Å². The molecule has 0 saturated heterocycles. The standard InChI is InChI=1S/C19H21N5O/c1-13-11-14(2)16(15(3)12-13)19(25)23-8-10-24-9-7-22-18(24)17-20-5-4-6-21-17/h4-7,9,11-12H,8,10H2,1-3H3,(H,23,25). The number of imidazole rings is 1. The third kappa shape index (κ3) is 3.74. The summed E-state index contributed by atoms with van der Waals surface area (Å²) in [6.45, 7) is 7.07. The highest BCUT2D eigenvalue weighted by Crippen LogP contribution is 2.16. The number of rotatable bonds is 5. The molecular formula is C19H21N5O. The summed E-state index contributed by atoms with van der Waals surface area (Å²) in [6.07, 6.45) is 6.94. The van der Waals surface area contributed by atoms with E-state index in [1.165, 1.54) is 0 Å². The number of hydrogen-bond acceptors (Lipinski definition) is 4. The molecule has 0 saturated carbocycles. The maximum absolute atomic E-state index is 12.5. The number of nitrogens with one attached hydrogen (secondary N) is 1. The Bertz CT molecular complexity index is 863. The number of benzene rings is 1. The van der Waals surface area contributed by atoms with E-state index in [1.807, 2.05) is 43.7 Å². The van der Waals surface area contributed by atoms with E-state index in [4.69, 9.17) is 0 Å². The molecule has 3 aromatic rings. The molecule has 0 fully saturated rings. The van der Waals surface area contributed by atoms with E-state index in [2.05, 4.69) is 20.3 Å². The maximum atomic E-state index is 12.5. The molecule has 0 spiro atoms. The van der Waals surface area contributed by atoms with E-state index in [0.717, 1.165) is 22.3 Å². The van der Waals surface area contributed by atoms with Gasteiger partial charge in [0.15, 0.2) is 11.6 Å². The Kier molecular flexibility index (Phi) is 4.88. The average Bonchev–Trinajstić information content (AvgIpc) is 3.03. The Balaban J connectivity index is 1.67. The number of amides is 1. The summed E-state index contributed by atoms with van der Waals surface area (Å²) in [7, 11) is 0. The Morgan fingerprint density at radius 1 is 1.04 bits per heavy atom. The molecule has 25 heavy (non-hydrogen) atoms. The lowest BCUT2D eigenvalue weighted by molar-refractivity contribution is 0.0951. The summed E-state index contributed by atoms with van der Waals surface area (Å²) in [5.74, 6) is 1.22. The second-order valence-electron chi connectivity index (χ2n) is 6.05. The molecule has 0 aliphatic rings. The van der Waals surface area contributed by atoms with Gasteiger partial charge in [0.05, 0.1) is 0 Å². The zero-order valence-electron chi connectivity index (χ0n) is 14.7. The van der Waals surface area contributed by atoms with E-state index in [-0.39, 0.29) is 5.91 Å². The summed E-state index contributed by atoms with van der Waals surface area (Å²) < 4.78 is 1.93. The molecule has 3 rings (SSSR count). The lowest BCUT2D eigenvalue weighted by Gasteiger charge is -2.12. The maximum Gasteiger partial charge on any atom is 0.251 e. The predicted octanol–water partition coefficient (Wildman–Crippen LogP) is 2.70. The number of nitrogens with zero attached hydrogens (tertiary/aromatic N) is 4. The van der Waals surface area contributed by atoms with Crippen molar-refractivity contribution in [2.75, 3.05) is 6.54 Å². The summed E-state index contributed by atoms with van der Waals surface area (Å²) >= 11 is 0. The summed E-state index contributed by atoms with van der Waals surface area (Å²) in [5.41, 5.74) is 3.91. The molecule has 6 heteroatoms. The lowest BCUT2D eigenvalue weighted by Crippen LogP contribution is -2.28. The highest BCUT2D eigenvalue weighted by molar-refractivity contribution is 5.97. The van der Waals surface area contributed by atoms with Gasteiger partial charge in [0.2, 0.25) is 0 Å². The smallest absolute Gasteiger partial charge is 0.251 e. The summed E-state index contributed by atoms with van der Waals surface area (Å²) in [6, 6.07) is 5.83. The molecule has 1 amide bonds. The van der Waals surface area contributed by atoms with Crippen LogP contribution in [0.25, 0.3) is 11.6 Å². The minimum atomic E-state index is -0.0485. The second kappa shape index (κ2) is 7.25. The molecule has 2 aromatic heterocycles. The monoisotopic (exact) mass is 335 g/mol. The third-order valence-electron chi connectivity index (χ3n) is 4.02. The van der Waals surface area contributed by atoms with Crippen LogP contribution in [0.5, 0.6) is 0 Å². The Morgan fingerprint density at radius 3 is 2.40 bits per heavy atom. The second-order valence-corrected chi connectivity index (χ2v) is 6.05. The van der Waals surface area contributed by atoms with Crippen LogP contribution in [0.3, 0.4) is 0 Å². The fourth-order valence-corrected chi connectivity index (χ4v) is 3.03. The number of aryl methyl sites for hydroxylation is 3. The first-order valence-corrected chi connectivity index (χ1v) is 8.21. The molecule has 0 unspecified atom stereocenters. The van der Waals surface area contributed by atoms with Crippen LogP contribution in [0.4, 0.5) is 0 Å². The molecule has 0 bridgehead atoms. The highest BCUT2D eigenvalue weighted by atomic mass is 16.1. The number of hydrogen-bond donors (Lipinski definition) is 1. The minimum Gasteiger partial charge on any atom is -0.350 e. The third-order valence-corrected chi connectivity index (χ3v) is 4.02. The first-order chi connectivity index (χ1) is 12.1. The molecule has 6 nitrogen and oxygen atoms in total. The van der Waals surface area contributed by atoms with Gasteiger partial charge in [0.1, 0.15) is 0 Å². The minimum absolute atomic E-state index is 0.0485. The van der Waals surface area contributed by atoms with Crippen molar-refractivity contribution < 1.29 is 4.79 Å². The van der Waals surface area contributed by atoms with E-state index in [0.29, 0.717) is 24.7 Å². The molecule has 1 aromatic carbocycles. The number of carbonyl (C=O) groups is 1. The number of carbonyl (C=O) groups excluding carboxylic acids is 1. The Labute approximate surface area is 147 Å². The van der Waals surface area contributed by atoms with Crippen molar-refractivity contribution in [2.24, 2.45) is 0 Å². The van der Waals surface area contributed by atoms with Crippen LogP contribution in [0.2, 0.25) is 0 Å². The van der Waals surface area contributed by atoms with Gasteiger partial charge >= 0.3 is 0 Å². The number of aromatic nitrogens is 4. The molecule has 0 atom stereocenters. The van der Waals surface area contributed by atoms with Gasteiger partial charge in [-0.25, -0.2) is 15.0 Å². The quantitative estimate of drug-likeness (QED) is 0.778. The van der Waals surface area contributed by atoms with Crippen LogP contribution in [-0.2, 0) is 6.54 Å². The molecule has 0 aliphatic heterocycles. The Morgan fingerprint density at radius 2 is 1.72 bits per heavy atom. The van der Waals surface area contributed by atoms with Crippen molar-refractivity contribution >= 4 is 5.91 Å². The molecular weight excluding hydrogens is 314 g/mol. The van der Waals surface area contributed by atoms with Crippen molar-refractivity contribution in [3.05, 3.63) is 65.2 Å². The fraction of sp³-hybridized carbons (Fsp3) is 0.263. The van der Waals surface area contributed by atoms with Gasteiger partial charge < -0.3 is 9.88 Å². The van der Waals surface area contributed by atoms with E-state index >= 15 is 0 Å². The van der Waals surface area contributed by atoms with Crippen LogP contribution >= 0.6 is 0 Å². The van der Waals surface area contributed by atoms with Gasteiger partial charge in [0.25, 0.3) is 5.91 Å². The van der Waals surface area contributed by atoms with Gasteiger partial charge in [-0.3, -0.25) is 4.79 Å². The van der Waals surface area contributed by atoms with Crippen LogP contribution in [0.15, 0.2) is 43.0 Å². The summed E-state index contributed by atoms with van der Waals surface area (Å²) in [5, 5.41) is 2.99. The van der Waals surface area contributed by atoms with Crippen LogP contribution in [0, 0.1) is 20.8 Å². The average molecular weight is 335 g/mol. The SMILES string of the molecule is Cc1cc(C)c(C(=O)NCCn2ccnc2-c2ncccn2)c(C)c1. The largest absolute Gasteiger partial charge is 0.350 e. The predicted molar refractivity (Wildman–Crippen MR) is 96.2 cm³/mol. The van der Waals surface area contributed by atoms with Gasteiger partial charge in [-0.15, -0.1) is 0 Å². The zero-order valence-corrected chi connectivity index (χ0v) is 14.7. The molecule has 128 valence electrons. The van der Waals surface area contributed by atoms with Crippen molar-refractivity contribution in [3.8, 4) is 11.6 Å². The normalized spacial score (nSPS) is 10.7. The Hall–Kier alpha value is -3.02.